The summed E-state index contributed by atoms with van der Waals surface area (Å²) in [5.41, 5.74) is 0.182. The van der Waals surface area contributed by atoms with Crippen LogP contribution >= 0.6 is 0 Å². The van der Waals surface area contributed by atoms with E-state index in [-0.39, 0.29) is 22.8 Å². The summed E-state index contributed by atoms with van der Waals surface area (Å²) in [6, 6.07) is 0.0750. The highest BCUT2D eigenvalue weighted by molar-refractivity contribution is 5.84. The van der Waals surface area contributed by atoms with Gasteiger partial charge in [-0.3, -0.25) is 9.89 Å². The van der Waals surface area contributed by atoms with Crippen LogP contribution in [0.25, 0.3) is 0 Å². The van der Waals surface area contributed by atoms with Crippen molar-refractivity contribution in [1.82, 2.24) is 20.1 Å². The number of carbonyl (C=O) groups excluding carboxylic acids is 1. The van der Waals surface area contributed by atoms with E-state index >= 15 is 0 Å². The second kappa shape index (κ2) is 4.30. The molecule has 2 heterocycles. The van der Waals surface area contributed by atoms with Gasteiger partial charge in [-0.2, -0.15) is 5.10 Å². The van der Waals surface area contributed by atoms with Gasteiger partial charge in [0.1, 0.15) is 12.2 Å². The predicted molar refractivity (Wildman–Crippen MR) is 75.7 cm³/mol. The molecule has 1 aliphatic heterocycles. The Morgan fingerprint density at radius 2 is 2.00 bits per heavy atom. The van der Waals surface area contributed by atoms with Crippen LogP contribution in [-0.2, 0) is 4.79 Å². The van der Waals surface area contributed by atoms with Crippen LogP contribution < -0.4 is 0 Å². The summed E-state index contributed by atoms with van der Waals surface area (Å²) < 4.78 is 0. The molecule has 1 saturated carbocycles. The molecule has 2 fully saturated rings. The maximum atomic E-state index is 13.0. The molecule has 1 aliphatic carbocycles. The highest BCUT2D eigenvalue weighted by atomic mass is 16.2. The lowest BCUT2D eigenvalue weighted by Crippen LogP contribution is -2.41. The van der Waals surface area contributed by atoms with Crippen LogP contribution in [0.1, 0.15) is 58.8 Å². The minimum absolute atomic E-state index is 0.0750. The lowest BCUT2D eigenvalue weighted by Gasteiger charge is -2.35. The van der Waals surface area contributed by atoms with Crippen molar-refractivity contribution in [3.05, 3.63) is 12.2 Å². The molecule has 0 spiro atoms. The van der Waals surface area contributed by atoms with Gasteiger partial charge in [0.2, 0.25) is 5.91 Å². The zero-order valence-corrected chi connectivity index (χ0v) is 12.8. The van der Waals surface area contributed by atoms with Gasteiger partial charge in [0.25, 0.3) is 0 Å². The van der Waals surface area contributed by atoms with E-state index in [1.165, 1.54) is 6.33 Å². The van der Waals surface area contributed by atoms with Gasteiger partial charge >= 0.3 is 0 Å². The van der Waals surface area contributed by atoms with Gasteiger partial charge in [-0.1, -0.05) is 27.7 Å². The average Bonchev–Trinajstić information content (AvgIpc) is 2.81. The summed E-state index contributed by atoms with van der Waals surface area (Å²) in [5.74, 6) is 1.24. The lowest BCUT2D eigenvalue weighted by molar-refractivity contribution is -0.138. The number of H-pyrrole nitrogens is 1. The van der Waals surface area contributed by atoms with E-state index < -0.39 is 0 Å². The number of piperidine rings is 1. The van der Waals surface area contributed by atoms with Crippen LogP contribution in [0.2, 0.25) is 0 Å². The van der Waals surface area contributed by atoms with Gasteiger partial charge in [0.15, 0.2) is 0 Å². The van der Waals surface area contributed by atoms with Crippen molar-refractivity contribution in [2.45, 2.75) is 53.0 Å². The van der Waals surface area contributed by atoms with Crippen molar-refractivity contribution in [2.75, 3.05) is 6.54 Å². The Hall–Kier alpha value is -1.39. The largest absolute Gasteiger partial charge is 0.332 e. The minimum atomic E-state index is 0.0750. The van der Waals surface area contributed by atoms with E-state index in [0.29, 0.717) is 5.91 Å². The Morgan fingerprint density at radius 1 is 1.30 bits per heavy atom. The molecule has 3 rings (SSSR count). The van der Waals surface area contributed by atoms with E-state index in [0.717, 1.165) is 31.6 Å². The van der Waals surface area contributed by atoms with Crippen molar-refractivity contribution < 1.29 is 4.79 Å². The molecule has 20 heavy (non-hydrogen) atoms. The summed E-state index contributed by atoms with van der Waals surface area (Å²) in [4.78, 5) is 19.3. The third kappa shape index (κ3) is 1.79. The van der Waals surface area contributed by atoms with Gasteiger partial charge in [-0.15, -0.1) is 0 Å². The molecule has 0 bridgehead atoms. The first-order valence-corrected chi connectivity index (χ1v) is 7.53. The third-order valence-electron chi connectivity index (χ3n) is 5.80. The number of likely N-dealkylation sites (tertiary alicyclic amines) is 1. The Balaban J connectivity index is 1.83. The number of amides is 1. The highest BCUT2D eigenvalue weighted by Crippen LogP contribution is 2.69. The predicted octanol–water partition coefficient (Wildman–Crippen LogP) is 2.54. The average molecular weight is 276 g/mol. The Labute approximate surface area is 120 Å². The first-order chi connectivity index (χ1) is 9.37. The molecule has 5 heteroatoms. The molecule has 1 amide bonds. The van der Waals surface area contributed by atoms with E-state index in [9.17, 15) is 4.79 Å². The van der Waals surface area contributed by atoms with Crippen LogP contribution in [0.5, 0.6) is 0 Å². The summed E-state index contributed by atoms with van der Waals surface area (Å²) in [6.45, 7) is 9.63. The van der Waals surface area contributed by atoms with Crippen molar-refractivity contribution in [3.63, 3.8) is 0 Å². The fraction of sp³-hybridized carbons (Fsp3) is 0.800. The summed E-state index contributed by atoms with van der Waals surface area (Å²) >= 11 is 0. The van der Waals surface area contributed by atoms with Gasteiger partial charge in [0, 0.05) is 12.5 Å². The van der Waals surface area contributed by atoms with Crippen LogP contribution in [0.3, 0.4) is 0 Å². The van der Waals surface area contributed by atoms with Crippen LogP contribution in [0.4, 0.5) is 0 Å². The molecule has 2 aliphatic rings. The van der Waals surface area contributed by atoms with Gasteiger partial charge in [-0.05, 0) is 30.1 Å². The number of nitrogens with one attached hydrogen (secondary N) is 1. The number of rotatable bonds is 2. The molecular weight excluding hydrogens is 252 g/mol. The molecular formula is C15H24N4O. The number of hydrogen-bond donors (Lipinski definition) is 1. The fourth-order valence-corrected chi connectivity index (χ4v) is 3.83. The van der Waals surface area contributed by atoms with E-state index in [1.807, 2.05) is 4.90 Å². The molecule has 1 saturated heterocycles. The SMILES string of the molecule is CC1(C)C(C(=O)N2CCCC[C@H]2c2ncn[nH]2)C1(C)C. The molecule has 1 aromatic rings. The lowest BCUT2D eigenvalue weighted by atomic mass is 9.99. The maximum Gasteiger partial charge on any atom is 0.227 e. The van der Waals surface area contributed by atoms with Gasteiger partial charge < -0.3 is 4.90 Å². The second-order valence-electron chi connectivity index (χ2n) is 7.29. The van der Waals surface area contributed by atoms with Crippen molar-refractivity contribution in [3.8, 4) is 0 Å². The Kier molecular flexibility index (Phi) is 2.92. The van der Waals surface area contributed by atoms with E-state index in [2.05, 4.69) is 42.9 Å². The van der Waals surface area contributed by atoms with Crippen LogP contribution in [-0.4, -0.2) is 32.5 Å². The number of carbonyl (C=O) groups is 1. The third-order valence-corrected chi connectivity index (χ3v) is 5.80. The molecule has 110 valence electrons. The first kappa shape index (κ1) is 13.6. The van der Waals surface area contributed by atoms with Crippen LogP contribution in [0, 0.1) is 16.7 Å². The minimum Gasteiger partial charge on any atom is -0.332 e. The molecule has 0 radical (unpaired) electrons. The zero-order chi connectivity index (χ0) is 14.5. The Morgan fingerprint density at radius 3 is 2.55 bits per heavy atom. The summed E-state index contributed by atoms with van der Waals surface area (Å²) in [5, 5.41) is 6.87. The van der Waals surface area contributed by atoms with Gasteiger partial charge in [-0.25, -0.2) is 4.98 Å². The Bertz CT molecular complexity index is 492. The molecule has 1 N–H and O–H groups in total. The highest BCUT2D eigenvalue weighted by Gasteiger charge is 2.69. The van der Waals surface area contributed by atoms with Gasteiger partial charge in [0.05, 0.1) is 6.04 Å². The number of aromatic nitrogens is 3. The van der Waals surface area contributed by atoms with E-state index in [1.54, 1.807) is 0 Å². The normalized spacial score (nSPS) is 28.4. The van der Waals surface area contributed by atoms with E-state index in [4.69, 9.17) is 0 Å². The summed E-state index contributed by atoms with van der Waals surface area (Å²) in [7, 11) is 0. The monoisotopic (exact) mass is 276 g/mol. The first-order valence-electron chi connectivity index (χ1n) is 7.53. The van der Waals surface area contributed by atoms with Crippen molar-refractivity contribution >= 4 is 5.91 Å². The van der Waals surface area contributed by atoms with Crippen molar-refractivity contribution in [2.24, 2.45) is 16.7 Å². The molecule has 0 aromatic carbocycles. The number of nitrogens with zero attached hydrogens (tertiary/aromatic N) is 3. The molecule has 5 nitrogen and oxygen atoms in total. The number of aromatic amines is 1. The topological polar surface area (TPSA) is 61.9 Å². The fourth-order valence-electron chi connectivity index (χ4n) is 3.83. The number of hydrogen-bond acceptors (Lipinski definition) is 3. The zero-order valence-electron chi connectivity index (χ0n) is 12.8. The quantitative estimate of drug-likeness (QED) is 0.903. The molecule has 1 atom stereocenters. The maximum absolute atomic E-state index is 13.0. The smallest absolute Gasteiger partial charge is 0.227 e. The van der Waals surface area contributed by atoms with Crippen LogP contribution in [0.15, 0.2) is 6.33 Å². The van der Waals surface area contributed by atoms with Crippen molar-refractivity contribution in [1.29, 1.82) is 0 Å². The molecule has 0 unspecified atom stereocenters. The summed E-state index contributed by atoms with van der Waals surface area (Å²) in [6.07, 6.45) is 4.74. The second-order valence-corrected chi connectivity index (χ2v) is 7.29. The standard InChI is InChI=1S/C15H24N4O/c1-14(2)11(15(14,3)4)13(20)19-8-6-5-7-10(19)12-16-9-17-18-12/h9-11H,5-8H2,1-4H3,(H,16,17,18)/t10-/m0/s1. The molecule has 1 aromatic heterocycles.